The molecule has 0 spiro atoms. The van der Waals surface area contributed by atoms with Gasteiger partial charge in [0.2, 0.25) is 0 Å². The maximum Gasteiger partial charge on any atom is 0.417 e. The molecule has 1 aliphatic rings. The number of halogens is 4. The minimum absolute atomic E-state index is 0.0242. The third kappa shape index (κ3) is 5.38. The van der Waals surface area contributed by atoms with E-state index in [1.54, 1.807) is 6.20 Å². The van der Waals surface area contributed by atoms with Crippen LogP contribution in [-0.4, -0.2) is 20.9 Å². The molecule has 9 nitrogen and oxygen atoms in total. The first kappa shape index (κ1) is 25.0. The molecule has 1 atom stereocenters. The zero-order chi connectivity index (χ0) is 26.9. The smallest absolute Gasteiger partial charge is 0.365 e. The van der Waals surface area contributed by atoms with Crippen molar-refractivity contribution in [2.75, 3.05) is 16.1 Å². The number of fused-ring (bicyclic) bond motifs is 1. The summed E-state index contributed by atoms with van der Waals surface area (Å²) in [5, 5.41) is 5.28. The Kier molecular flexibility index (Phi) is 6.61. The molecule has 6 N–H and O–H groups in total. The molecule has 1 amide bonds. The quantitative estimate of drug-likeness (QED) is 0.234. The van der Waals surface area contributed by atoms with Crippen LogP contribution >= 0.6 is 0 Å². The third-order valence-electron chi connectivity index (χ3n) is 5.77. The maximum atomic E-state index is 13.3. The van der Waals surface area contributed by atoms with Gasteiger partial charge in [0.15, 0.2) is 0 Å². The van der Waals surface area contributed by atoms with Crippen molar-refractivity contribution in [1.82, 2.24) is 20.4 Å². The number of alkyl halides is 3. The molecular formula is C25H20F4N8O. The van der Waals surface area contributed by atoms with E-state index in [0.717, 1.165) is 34.5 Å². The fourth-order valence-electron chi connectivity index (χ4n) is 3.77. The predicted octanol–water partition coefficient (Wildman–Crippen LogP) is 4.45. The van der Waals surface area contributed by atoms with E-state index in [1.807, 2.05) is 30.3 Å². The first-order valence-electron chi connectivity index (χ1n) is 11.3. The van der Waals surface area contributed by atoms with Crippen LogP contribution in [0.15, 0.2) is 67.1 Å². The van der Waals surface area contributed by atoms with Crippen molar-refractivity contribution in [1.29, 1.82) is 0 Å². The van der Waals surface area contributed by atoms with E-state index in [4.69, 9.17) is 5.73 Å². The van der Waals surface area contributed by atoms with E-state index in [-0.39, 0.29) is 29.9 Å². The van der Waals surface area contributed by atoms with Gasteiger partial charge in [-0.1, -0.05) is 24.3 Å². The number of rotatable bonds is 6. The number of nitrogens with zero attached hydrogens (tertiary/aromatic N) is 3. The Morgan fingerprint density at radius 1 is 0.974 bits per heavy atom. The summed E-state index contributed by atoms with van der Waals surface area (Å²) in [6, 6.07) is 12.3. The molecule has 3 aromatic heterocycles. The number of benzene rings is 1. The Morgan fingerprint density at radius 2 is 1.76 bits per heavy atom. The van der Waals surface area contributed by atoms with Crippen LogP contribution in [0.1, 0.15) is 33.2 Å². The highest BCUT2D eigenvalue weighted by atomic mass is 19.4. The summed E-state index contributed by atoms with van der Waals surface area (Å²) in [6.07, 6.45) is -1.83. The van der Waals surface area contributed by atoms with Gasteiger partial charge < -0.3 is 21.8 Å². The number of anilines is 3. The van der Waals surface area contributed by atoms with Gasteiger partial charge in [-0.3, -0.25) is 4.79 Å². The summed E-state index contributed by atoms with van der Waals surface area (Å²) in [5.74, 6) is -0.919. The predicted molar refractivity (Wildman–Crippen MR) is 132 cm³/mol. The molecular weight excluding hydrogens is 504 g/mol. The fourth-order valence-corrected chi connectivity index (χ4v) is 3.77. The highest BCUT2D eigenvalue weighted by Crippen LogP contribution is 2.32. The number of nitrogens with one attached hydrogen (secondary N) is 4. The second-order valence-corrected chi connectivity index (χ2v) is 8.39. The molecule has 4 heterocycles. The summed E-state index contributed by atoms with van der Waals surface area (Å²) in [6.45, 7) is 0.175. The number of hydrogen-bond acceptors (Lipinski definition) is 8. The number of aromatic nitrogens is 3. The van der Waals surface area contributed by atoms with Gasteiger partial charge in [-0.15, -0.1) is 0 Å². The molecule has 0 fully saturated rings. The Hall–Kier alpha value is -4.62. The van der Waals surface area contributed by atoms with Gasteiger partial charge in [-0.05, 0) is 35.4 Å². The lowest BCUT2D eigenvalue weighted by atomic mass is 10.0. The van der Waals surface area contributed by atoms with Crippen LogP contribution in [0.25, 0.3) is 11.1 Å². The Balaban J connectivity index is 1.33. The Morgan fingerprint density at radius 3 is 2.47 bits per heavy atom. The van der Waals surface area contributed by atoms with Crippen LogP contribution in [0, 0.1) is 5.82 Å². The van der Waals surface area contributed by atoms with Crippen molar-refractivity contribution >= 4 is 23.4 Å². The third-order valence-corrected chi connectivity index (χ3v) is 5.77. The van der Waals surface area contributed by atoms with Gasteiger partial charge in [-0.2, -0.15) is 13.2 Å². The lowest BCUT2D eigenvalue weighted by molar-refractivity contribution is -0.137. The molecule has 0 aliphatic carbocycles. The summed E-state index contributed by atoms with van der Waals surface area (Å²) >= 11 is 0. The minimum Gasteiger partial charge on any atom is -0.365 e. The standard InChI is InChI=1S/C25H20F4N8O/c26-17-5-6-20(31-12-17)35-24(38)19-8-16(25(27,28)29)11-34-22(19)32-9-13-1-3-14(4-2-13)15-7-18-21(30)36-37-23(18)33-10-15/h1-8,10-12,21,36H,9,30H2,(H,32,34)(H,33,37)(H,31,35,38). The first-order valence-corrected chi connectivity index (χ1v) is 11.3. The SMILES string of the molecule is NC1NNc2ncc(-c3ccc(CNc4ncc(C(F)(F)F)cc4C(=O)Nc4ccc(F)cn4)cc3)cc21. The summed E-state index contributed by atoms with van der Waals surface area (Å²) in [4.78, 5) is 24.7. The number of carbonyl (C=O) groups is 1. The van der Waals surface area contributed by atoms with Crippen molar-refractivity contribution in [2.24, 2.45) is 5.73 Å². The average molecular weight is 524 g/mol. The Labute approximate surface area is 213 Å². The van der Waals surface area contributed by atoms with Crippen LogP contribution in [0.4, 0.5) is 35.0 Å². The van der Waals surface area contributed by atoms with Crippen LogP contribution in [-0.2, 0) is 12.7 Å². The van der Waals surface area contributed by atoms with Crippen molar-refractivity contribution < 1.29 is 22.4 Å². The molecule has 1 aromatic carbocycles. The number of hydrazine groups is 1. The molecule has 0 radical (unpaired) electrons. The van der Waals surface area contributed by atoms with Gasteiger partial charge in [0, 0.05) is 30.1 Å². The topological polar surface area (TPSA) is 130 Å². The highest BCUT2D eigenvalue weighted by molar-refractivity contribution is 6.07. The van der Waals surface area contributed by atoms with Gasteiger partial charge in [0.25, 0.3) is 5.91 Å². The van der Waals surface area contributed by atoms with Crippen LogP contribution in [0.3, 0.4) is 0 Å². The van der Waals surface area contributed by atoms with E-state index in [2.05, 4.69) is 36.4 Å². The van der Waals surface area contributed by atoms with Crippen molar-refractivity contribution in [3.05, 3.63) is 95.2 Å². The fraction of sp³-hybridized carbons (Fsp3) is 0.120. The zero-order valence-corrected chi connectivity index (χ0v) is 19.5. The Bertz CT molecular complexity index is 1480. The molecule has 13 heteroatoms. The van der Waals surface area contributed by atoms with E-state index in [9.17, 15) is 22.4 Å². The van der Waals surface area contributed by atoms with Gasteiger partial charge in [0.05, 0.1) is 17.3 Å². The molecule has 194 valence electrons. The molecule has 1 aliphatic heterocycles. The van der Waals surface area contributed by atoms with Crippen molar-refractivity contribution in [3.8, 4) is 11.1 Å². The number of pyridine rings is 3. The summed E-state index contributed by atoms with van der Waals surface area (Å²) in [5.41, 5.74) is 13.7. The van der Waals surface area contributed by atoms with Crippen molar-refractivity contribution in [3.63, 3.8) is 0 Å². The van der Waals surface area contributed by atoms with E-state index < -0.39 is 23.5 Å². The number of amides is 1. The summed E-state index contributed by atoms with van der Waals surface area (Å²) < 4.78 is 53.0. The summed E-state index contributed by atoms with van der Waals surface area (Å²) in [7, 11) is 0. The maximum absolute atomic E-state index is 13.3. The van der Waals surface area contributed by atoms with Gasteiger partial charge >= 0.3 is 6.18 Å². The molecule has 0 saturated carbocycles. The van der Waals surface area contributed by atoms with E-state index in [0.29, 0.717) is 18.1 Å². The number of hydrogen-bond donors (Lipinski definition) is 5. The zero-order valence-electron chi connectivity index (χ0n) is 19.5. The molecule has 5 rings (SSSR count). The highest BCUT2D eigenvalue weighted by Gasteiger charge is 2.32. The monoisotopic (exact) mass is 524 g/mol. The van der Waals surface area contributed by atoms with Crippen LogP contribution < -0.4 is 27.2 Å². The van der Waals surface area contributed by atoms with Crippen LogP contribution in [0.5, 0.6) is 0 Å². The average Bonchev–Trinajstić information content (AvgIpc) is 3.28. The lowest BCUT2D eigenvalue weighted by Crippen LogP contribution is -2.25. The first-order chi connectivity index (χ1) is 18.2. The van der Waals surface area contributed by atoms with E-state index in [1.165, 1.54) is 6.07 Å². The number of carbonyl (C=O) groups excluding carboxylic acids is 1. The second-order valence-electron chi connectivity index (χ2n) is 8.39. The number of nitrogens with two attached hydrogens (primary N) is 1. The van der Waals surface area contributed by atoms with E-state index >= 15 is 0 Å². The molecule has 0 bridgehead atoms. The molecule has 38 heavy (non-hydrogen) atoms. The largest absolute Gasteiger partial charge is 0.417 e. The molecule has 4 aromatic rings. The van der Waals surface area contributed by atoms with Crippen molar-refractivity contribution in [2.45, 2.75) is 18.9 Å². The molecule has 1 unspecified atom stereocenters. The normalized spacial score (nSPS) is 14.5. The minimum atomic E-state index is -4.70. The van der Waals surface area contributed by atoms with Crippen LogP contribution in [0.2, 0.25) is 0 Å². The second kappa shape index (κ2) is 10.0. The molecule has 0 saturated heterocycles. The van der Waals surface area contributed by atoms with Gasteiger partial charge in [0.1, 0.15) is 29.4 Å². The lowest BCUT2D eigenvalue weighted by Gasteiger charge is -2.14. The van der Waals surface area contributed by atoms with Gasteiger partial charge in [-0.25, -0.2) is 24.8 Å².